The third kappa shape index (κ3) is 5.01. The lowest BCUT2D eigenvalue weighted by Gasteiger charge is -2.42. The van der Waals surface area contributed by atoms with E-state index in [0.29, 0.717) is 24.6 Å². The summed E-state index contributed by atoms with van der Waals surface area (Å²) in [5, 5.41) is 6.90. The van der Waals surface area contributed by atoms with Crippen molar-refractivity contribution in [2.75, 3.05) is 16.8 Å². The number of hydrogen-bond acceptors (Lipinski definition) is 7. The van der Waals surface area contributed by atoms with E-state index in [1.807, 2.05) is 6.92 Å². The number of carbonyl (C=O) groups excluding carboxylic acids is 2. The molecule has 0 unspecified atom stereocenters. The van der Waals surface area contributed by atoms with Crippen LogP contribution in [0.15, 0.2) is 36.9 Å². The van der Waals surface area contributed by atoms with Crippen LogP contribution in [-0.2, 0) is 10.3 Å². The molecule has 1 saturated heterocycles. The maximum Gasteiger partial charge on any atom is 0.276 e. The average molecular weight is 611 g/mol. The summed E-state index contributed by atoms with van der Waals surface area (Å²) in [6, 6.07) is 2.06. The Bertz CT molecular complexity index is 1760. The maximum atomic E-state index is 14.9. The second-order valence-corrected chi connectivity index (χ2v) is 11.1. The normalized spacial score (nSPS) is 16.1. The Morgan fingerprint density at radius 1 is 1.07 bits per heavy atom. The highest BCUT2D eigenvalue weighted by Crippen LogP contribution is 2.46. The number of nitrogens with one attached hydrogen (secondary N) is 1. The van der Waals surface area contributed by atoms with Crippen molar-refractivity contribution in [1.29, 1.82) is 0 Å². The Kier molecular flexibility index (Phi) is 7.36. The molecule has 2 amide bonds. The molecule has 1 aliphatic heterocycles. The van der Waals surface area contributed by atoms with Crippen LogP contribution in [-0.4, -0.2) is 48.1 Å². The van der Waals surface area contributed by atoms with Crippen molar-refractivity contribution in [3.63, 3.8) is 0 Å². The smallest absolute Gasteiger partial charge is 0.276 e. The Morgan fingerprint density at radius 2 is 1.86 bits per heavy atom. The summed E-state index contributed by atoms with van der Waals surface area (Å²) >= 11 is 5.85. The topological polar surface area (TPSA) is 119 Å². The van der Waals surface area contributed by atoms with E-state index < -0.39 is 34.8 Å². The number of hydrogen-bond donors (Lipinski definition) is 1. The summed E-state index contributed by atoms with van der Waals surface area (Å²) in [5.41, 5.74) is 0.139. The van der Waals surface area contributed by atoms with Crippen LogP contribution < -0.4 is 10.2 Å². The second kappa shape index (κ2) is 11.0. The van der Waals surface area contributed by atoms with Gasteiger partial charge in [-0.05, 0) is 45.6 Å². The second-order valence-electron chi connectivity index (χ2n) is 10.6. The number of aromatic nitrogens is 6. The number of anilines is 2. The molecule has 2 aliphatic rings. The predicted octanol–water partition coefficient (Wildman–Crippen LogP) is 5.78. The lowest BCUT2D eigenvalue weighted by atomic mass is 9.72. The molecule has 0 spiro atoms. The quantitative estimate of drug-likeness (QED) is 0.282. The van der Waals surface area contributed by atoms with E-state index >= 15 is 0 Å². The van der Waals surface area contributed by atoms with E-state index in [0.717, 1.165) is 55.3 Å². The highest BCUT2D eigenvalue weighted by Gasteiger charge is 2.43. The molecule has 3 aromatic heterocycles. The minimum absolute atomic E-state index is 0.00981. The molecule has 1 saturated carbocycles. The van der Waals surface area contributed by atoms with Gasteiger partial charge in [-0.15, -0.1) is 0 Å². The molecule has 1 aromatic carbocycles. The fourth-order valence-electron chi connectivity index (χ4n) is 5.64. The third-order valence-electron chi connectivity index (χ3n) is 8.03. The zero-order valence-corrected chi connectivity index (χ0v) is 24.0. The van der Waals surface area contributed by atoms with Gasteiger partial charge < -0.3 is 5.32 Å². The van der Waals surface area contributed by atoms with Gasteiger partial charge in [0.2, 0.25) is 11.9 Å². The van der Waals surface area contributed by atoms with Gasteiger partial charge in [0.05, 0.1) is 40.0 Å². The number of amides is 2. The number of rotatable bonds is 7. The number of benzene rings is 1. The number of halogens is 4. The van der Waals surface area contributed by atoms with Gasteiger partial charge >= 0.3 is 0 Å². The van der Waals surface area contributed by atoms with Crippen LogP contribution in [0.3, 0.4) is 0 Å². The highest BCUT2D eigenvalue weighted by molar-refractivity contribution is 6.31. The molecule has 2 fully saturated rings. The molecule has 6 rings (SSSR count). The summed E-state index contributed by atoms with van der Waals surface area (Å²) in [7, 11) is 0. The zero-order valence-electron chi connectivity index (χ0n) is 23.2. The number of alkyl halides is 2. The van der Waals surface area contributed by atoms with Gasteiger partial charge in [0.1, 0.15) is 5.69 Å². The van der Waals surface area contributed by atoms with Gasteiger partial charge in [-0.1, -0.05) is 17.7 Å². The molecular weight excluding hydrogens is 585 g/mol. The van der Waals surface area contributed by atoms with Crippen molar-refractivity contribution < 1.29 is 22.8 Å². The van der Waals surface area contributed by atoms with E-state index in [4.69, 9.17) is 11.6 Å². The van der Waals surface area contributed by atoms with Crippen molar-refractivity contribution >= 4 is 35.1 Å². The third-order valence-corrected chi connectivity index (χ3v) is 8.32. The van der Waals surface area contributed by atoms with Crippen LogP contribution in [0, 0.1) is 19.7 Å². The van der Waals surface area contributed by atoms with Crippen LogP contribution >= 0.6 is 11.6 Å². The van der Waals surface area contributed by atoms with Gasteiger partial charge in [0, 0.05) is 47.7 Å². The first-order chi connectivity index (χ1) is 20.6. The highest BCUT2D eigenvalue weighted by atomic mass is 35.5. The van der Waals surface area contributed by atoms with Gasteiger partial charge in [-0.2, -0.15) is 5.10 Å². The largest absolute Gasteiger partial charge is 0.318 e. The first-order valence-corrected chi connectivity index (χ1v) is 14.1. The number of aryl methyl sites for hydroxylation is 2. The van der Waals surface area contributed by atoms with Crippen LogP contribution in [0.5, 0.6) is 0 Å². The summed E-state index contributed by atoms with van der Waals surface area (Å²) in [5.74, 6) is -1.34. The molecule has 0 atom stereocenters. The van der Waals surface area contributed by atoms with Crippen molar-refractivity contribution in [3.05, 3.63) is 76.0 Å². The molecule has 4 heterocycles. The fourth-order valence-corrected chi connectivity index (χ4v) is 5.80. The number of nitrogens with zero attached hydrogens (tertiary/aromatic N) is 7. The fraction of sp³-hybridized carbons (Fsp3) is 0.345. The van der Waals surface area contributed by atoms with Crippen LogP contribution in [0.4, 0.5) is 24.8 Å². The Balaban J connectivity index is 1.27. The first-order valence-electron chi connectivity index (χ1n) is 13.7. The standard InChI is InChI=1S/C29H26ClF3N8O2/c1-15-19(12-35-28(37-15)40-10-3-5-22(40)42)29(8-4-9-29)41-14-17(11-36-41)38-27(43)25-16(2)34-13-21(39-25)23-18(26(32)33)6-7-20(30)24(23)31/h6-7,11-14,26H,3-5,8-10H2,1-2H3,(H,38,43). The van der Waals surface area contributed by atoms with Crippen LogP contribution in [0.25, 0.3) is 11.3 Å². The molecule has 14 heteroatoms. The molecule has 0 bridgehead atoms. The molecule has 1 aliphatic carbocycles. The summed E-state index contributed by atoms with van der Waals surface area (Å²) < 4.78 is 44.0. The Morgan fingerprint density at radius 3 is 2.51 bits per heavy atom. The van der Waals surface area contributed by atoms with E-state index in [2.05, 4.69) is 30.4 Å². The molecule has 1 N–H and O–H groups in total. The van der Waals surface area contributed by atoms with E-state index in [9.17, 15) is 22.8 Å². The molecule has 10 nitrogen and oxygen atoms in total. The SMILES string of the molecule is Cc1nc(N2CCCC2=O)ncc1C1(n2cc(NC(=O)c3nc(-c4c(C(F)F)ccc(Cl)c4F)cnc3C)cn2)CCC1. The zero-order chi connectivity index (χ0) is 30.5. The Hall–Kier alpha value is -4.39. The van der Waals surface area contributed by atoms with E-state index in [1.54, 1.807) is 22.0 Å². The molecular formula is C29H26ClF3N8O2. The van der Waals surface area contributed by atoms with Gasteiger partial charge in [0.15, 0.2) is 5.82 Å². The molecule has 0 radical (unpaired) electrons. The lowest BCUT2D eigenvalue weighted by Crippen LogP contribution is -2.43. The Labute approximate surface area is 249 Å². The van der Waals surface area contributed by atoms with Crippen molar-refractivity contribution in [3.8, 4) is 11.3 Å². The van der Waals surface area contributed by atoms with Crippen LogP contribution in [0.1, 0.15) is 71.5 Å². The van der Waals surface area contributed by atoms with Crippen LogP contribution in [0.2, 0.25) is 5.02 Å². The van der Waals surface area contributed by atoms with Crippen molar-refractivity contribution in [2.24, 2.45) is 0 Å². The summed E-state index contributed by atoms with van der Waals surface area (Å²) in [4.78, 5) is 44.5. The molecule has 43 heavy (non-hydrogen) atoms. The summed E-state index contributed by atoms with van der Waals surface area (Å²) in [6.07, 6.45) is 6.82. The lowest BCUT2D eigenvalue weighted by molar-refractivity contribution is -0.117. The van der Waals surface area contributed by atoms with Gasteiger partial charge in [0.25, 0.3) is 12.3 Å². The van der Waals surface area contributed by atoms with Crippen molar-refractivity contribution in [2.45, 2.75) is 57.9 Å². The average Bonchev–Trinajstić information content (AvgIpc) is 3.59. The summed E-state index contributed by atoms with van der Waals surface area (Å²) in [6.45, 7) is 4.01. The van der Waals surface area contributed by atoms with Gasteiger partial charge in [-0.3, -0.25) is 24.2 Å². The van der Waals surface area contributed by atoms with Crippen molar-refractivity contribution in [1.82, 2.24) is 29.7 Å². The minimum Gasteiger partial charge on any atom is -0.318 e. The molecule has 4 aromatic rings. The van der Waals surface area contributed by atoms with E-state index in [-0.39, 0.29) is 28.0 Å². The molecule has 222 valence electrons. The number of carbonyl (C=O) groups is 2. The predicted molar refractivity (Wildman–Crippen MR) is 152 cm³/mol. The maximum absolute atomic E-state index is 14.9. The minimum atomic E-state index is -3.00. The monoisotopic (exact) mass is 610 g/mol. The van der Waals surface area contributed by atoms with E-state index in [1.165, 1.54) is 13.1 Å². The van der Waals surface area contributed by atoms with Gasteiger partial charge in [-0.25, -0.2) is 28.1 Å². The first kappa shape index (κ1) is 28.7.